The number of nitrogens with zero attached hydrogens (tertiary/aromatic N) is 2. The van der Waals surface area contributed by atoms with Gasteiger partial charge in [-0.3, -0.25) is 4.79 Å². The van der Waals surface area contributed by atoms with E-state index in [-0.39, 0.29) is 5.91 Å². The Labute approximate surface area is 140 Å². The minimum atomic E-state index is 0.141. The van der Waals surface area contributed by atoms with Crippen molar-refractivity contribution < 1.29 is 4.79 Å². The third-order valence-electron chi connectivity index (χ3n) is 4.79. The molecule has 0 saturated heterocycles. The Kier molecular flexibility index (Phi) is 3.65. The van der Waals surface area contributed by atoms with Gasteiger partial charge in [0.25, 0.3) is 0 Å². The van der Waals surface area contributed by atoms with Crippen molar-refractivity contribution in [1.82, 2.24) is 9.47 Å². The van der Waals surface area contributed by atoms with Gasteiger partial charge < -0.3 is 14.9 Å². The van der Waals surface area contributed by atoms with Crippen molar-refractivity contribution in [2.45, 2.75) is 19.5 Å². The lowest BCUT2D eigenvalue weighted by atomic mass is 10.00. The normalized spacial score (nSPS) is 13.8. The Morgan fingerprint density at radius 3 is 2.75 bits per heavy atom. The summed E-state index contributed by atoms with van der Waals surface area (Å²) in [5.41, 5.74) is 4.48. The summed E-state index contributed by atoms with van der Waals surface area (Å²) in [5, 5.41) is 8.51. The first-order valence-electron chi connectivity index (χ1n) is 8.19. The molecule has 0 atom stereocenters. The van der Waals surface area contributed by atoms with Crippen molar-refractivity contribution in [3.63, 3.8) is 0 Å². The van der Waals surface area contributed by atoms with Gasteiger partial charge in [0.1, 0.15) is 6.54 Å². The van der Waals surface area contributed by atoms with Crippen LogP contribution in [0.4, 0.5) is 0 Å². The number of benzene rings is 2. The van der Waals surface area contributed by atoms with E-state index >= 15 is 0 Å². The zero-order chi connectivity index (χ0) is 16.5. The number of rotatable bonds is 3. The summed E-state index contributed by atoms with van der Waals surface area (Å²) in [6.45, 7) is 1.81. The summed E-state index contributed by atoms with van der Waals surface area (Å²) < 4.78 is 1.98. The first kappa shape index (κ1) is 14.7. The number of fused-ring (bicyclic) bond motifs is 2. The standard InChI is InChI=1S/C20H19N3O/c21-12-16-6-3-7-19-18(16)9-11-22(19)14-20(24)23-10-8-15-4-1-2-5-17(15)13-23/h1-7,9,11-12,21H,8,10,13-14H2. The topological polar surface area (TPSA) is 49.1 Å². The molecular weight excluding hydrogens is 298 g/mol. The van der Waals surface area contributed by atoms with Crippen LogP contribution in [0.1, 0.15) is 16.7 Å². The van der Waals surface area contributed by atoms with Crippen LogP contribution in [0.5, 0.6) is 0 Å². The number of aromatic nitrogens is 1. The molecule has 4 nitrogen and oxygen atoms in total. The summed E-state index contributed by atoms with van der Waals surface area (Å²) in [4.78, 5) is 14.7. The number of nitrogens with one attached hydrogen (secondary N) is 1. The second kappa shape index (κ2) is 5.96. The van der Waals surface area contributed by atoms with Gasteiger partial charge in [-0.05, 0) is 29.7 Å². The molecule has 0 unspecified atom stereocenters. The molecule has 1 aliphatic heterocycles. The lowest BCUT2D eigenvalue weighted by molar-refractivity contribution is -0.132. The van der Waals surface area contributed by atoms with Gasteiger partial charge in [0.05, 0.1) is 0 Å². The van der Waals surface area contributed by atoms with Crippen LogP contribution in [0.15, 0.2) is 54.7 Å². The quantitative estimate of drug-likeness (QED) is 0.741. The largest absolute Gasteiger partial charge is 0.338 e. The molecule has 0 fully saturated rings. The molecule has 2 aromatic carbocycles. The van der Waals surface area contributed by atoms with Gasteiger partial charge in [0, 0.05) is 42.0 Å². The fourth-order valence-electron chi connectivity index (χ4n) is 3.47. The smallest absolute Gasteiger partial charge is 0.242 e. The molecule has 4 rings (SSSR count). The van der Waals surface area contributed by atoms with Crippen molar-refractivity contribution >= 4 is 23.0 Å². The van der Waals surface area contributed by atoms with E-state index in [0.29, 0.717) is 13.1 Å². The second-order valence-electron chi connectivity index (χ2n) is 6.20. The number of carbonyl (C=O) groups excluding carboxylic acids is 1. The fourth-order valence-corrected chi connectivity index (χ4v) is 3.47. The van der Waals surface area contributed by atoms with E-state index in [1.807, 2.05) is 46.0 Å². The van der Waals surface area contributed by atoms with Crippen LogP contribution in [0.25, 0.3) is 10.9 Å². The maximum atomic E-state index is 12.7. The number of carbonyl (C=O) groups is 1. The van der Waals surface area contributed by atoms with Crippen LogP contribution in [0.3, 0.4) is 0 Å². The molecule has 2 heterocycles. The third kappa shape index (κ3) is 2.50. The summed E-state index contributed by atoms with van der Waals surface area (Å²) in [6, 6.07) is 16.2. The van der Waals surface area contributed by atoms with Crippen LogP contribution >= 0.6 is 0 Å². The summed E-state index contributed by atoms with van der Waals surface area (Å²) in [6.07, 6.45) is 4.22. The lowest BCUT2D eigenvalue weighted by Gasteiger charge is -2.29. The minimum Gasteiger partial charge on any atom is -0.338 e. The fraction of sp³-hybridized carbons (Fsp3) is 0.200. The molecule has 24 heavy (non-hydrogen) atoms. The van der Waals surface area contributed by atoms with Crippen LogP contribution in [-0.4, -0.2) is 28.1 Å². The molecule has 0 aliphatic carbocycles. The molecule has 1 aliphatic rings. The molecule has 1 amide bonds. The molecule has 3 aromatic rings. The van der Waals surface area contributed by atoms with Crippen LogP contribution in [-0.2, 0) is 24.3 Å². The summed E-state index contributed by atoms with van der Waals surface area (Å²) in [5.74, 6) is 0.141. The molecule has 1 N–H and O–H groups in total. The van der Waals surface area contributed by atoms with E-state index in [0.717, 1.165) is 29.4 Å². The number of hydrogen-bond acceptors (Lipinski definition) is 2. The van der Waals surface area contributed by atoms with E-state index < -0.39 is 0 Å². The molecule has 0 saturated carbocycles. The van der Waals surface area contributed by atoms with Gasteiger partial charge in [-0.2, -0.15) is 0 Å². The van der Waals surface area contributed by atoms with E-state index in [9.17, 15) is 4.79 Å². The van der Waals surface area contributed by atoms with E-state index in [4.69, 9.17) is 5.41 Å². The molecule has 120 valence electrons. The molecule has 0 bridgehead atoms. The van der Waals surface area contributed by atoms with Crippen molar-refractivity contribution in [3.05, 3.63) is 71.4 Å². The highest BCUT2D eigenvalue weighted by Crippen LogP contribution is 2.21. The third-order valence-corrected chi connectivity index (χ3v) is 4.79. The van der Waals surface area contributed by atoms with Gasteiger partial charge in [0.2, 0.25) is 5.91 Å². The average Bonchev–Trinajstić information content (AvgIpc) is 3.04. The Morgan fingerprint density at radius 1 is 1.08 bits per heavy atom. The maximum Gasteiger partial charge on any atom is 0.242 e. The Morgan fingerprint density at radius 2 is 1.92 bits per heavy atom. The molecule has 0 radical (unpaired) electrons. The Bertz CT molecular complexity index is 926. The highest BCUT2D eigenvalue weighted by atomic mass is 16.2. The highest BCUT2D eigenvalue weighted by molar-refractivity contribution is 5.98. The van der Waals surface area contributed by atoms with Crippen molar-refractivity contribution in [2.75, 3.05) is 6.54 Å². The predicted molar refractivity (Wildman–Crippen MR) is 95.4 cm³/mol. The Hall–Kier alpha value is -2.88. The zero-order valence-corrected chi connectivity index (χ0v) is 13.4. The van der Waals surface area contributed by atoms with E-state index in [1.165, 1.54) is 17.3 Å². The van der Waals surface area contributed by atoms with Gasteiger partial charge >= 0.3 is 0 Å². The van der Waals surface area contributed by atoms with Crippen LogP contribution in [0, 0.1) is 5.41 Å². The van der Waals surface area contributed by atoms with Gasteiger partial charge in [-0.25, -0.2) is 0 Å². The maximum absolute atomic E-state index is 12.7. The van der Waals surface area contributed by atoms with Crippen molar-refractivity contribution in [1.29, 1.82) is 5.41 Å². The zero-order valence-electron chi connectivity index (χ0n) is 13.4. The van der Waals surface area contributed by atoms with Gasteiger partial charge in [0.15, 0.2) is 0 Å². The minimum absolute atomic E-state index is 0.141. The van der Waals surface area contributed by atoms with Crippen molar-refractivity contribution in [2.24, 2.45) is 0 Å². The van der Waals surface area contributed by atoms with Crippen molar-refractivity contribution in [3.8, 4) is 0 Å². The highest BCUT2D eigenvalue weighted by Gasteiger charge is 2.20. The van der Waals surface area contributed by atoms with Crippen LogP contribution in [0.2, 0.25) is 0 Å². The molecule has 0 spiro atoms. The van der Waals surface area contributed by atoms with Crippen LogP contribution < -0.4 is 0 Å². The SMILES string of the molecule is N=Cc1cccc2c1ccn2CC(=O)N1CCc2ccccc2C1. The molecule has 1 aromatic heterocycles. The van der Waals surface area contributed by atoms with E-state index in [1.54, 1.807) is 0 Å². The monoisotopic (exact) mass is 317 g/mol. The second-order valence-corrected chi connectivity index (χ2v) is 6.20. The molecular formula is C20H19N3O. The summed E-state index contributed by atoms with van der Waals surface area (Å²) >= 11 is 0. The number of hydrogen-bond donors (Lipinski definition) is 1. The Balaban J connectivity index is 1.56. The first-order valence-corrected chi connectivity index (χ1v) is 8.19. The first-order chi connectivity index (χ1) is 11.8. The van der Waals surface area contributed by atoms with E-state index in [2.05, 4.69) is 18.2 Å². The predicted octanol–water partition coefficient (Wildman–Crippen LogP) is 3.22. The molecule has 4 heteroatoms. The van der Waals surface area contributed by atoms with Gasteiger partial charge in [-0.15, -0.1) is 0 Å². The van der Waals surface area contributed by atoms with Gasteiger partial charge in [-0.1, -0.05) is 36.4 Å². The average molecular weight is 317 g/mol. The number of amides is 1. The summed E-state index contributed by atoms with van der Waals surface area (Å²) in [7, 11) is 0. The lowest BCUT2D eigenvalue weighted by Crippen LogP contribution is -2.37.